The van der Waals surface area contributed by atoms with Crippen LogP contribution in [0.3, 0.4) is 0 Å². The lowest BCUT2D eigenvalue weighted by Gasteiger charge is -2.18. The van der Waals surface area contributed by atoms with E-state index in [1.54, 1.807) is 22.7 Å². The molecule has 0 amide bonds. The highest BCUT2D eigenvalue weighted by Crippen LogP contribution is 2.38. The predicted octanol–water partition coefficient (Wildman–Crippen LogP) is 5.59. The summed E-state index contributed by atoms with van der Waals surface area (Å²) >= 11 is 9.42. The van der Waals surface area contributed by atoms with Crippen LogP contribution in [0.5, 0.6) is 0 Å². The van der Waals surface area contributed by atoms with Gasteiger partial charge in [0.2, 0.25) is 0 Å². The highest BCUT2D eigenvalue weighted by atomic mass is 35.5. The standard InChI is InChI=1S/C15H12ClF2NS2/c1-2-19-15(8-5-10(17)11(18)6-9(8)16)14-7-13-12(21-14)3-4-20-13/h3-7,15,19H,2H2,1H3. The zero-order chi connectivity index (χ0) is 15.0. The lowest BCUT2D eigenvalue weighted by molar-refractivity contribution is 0.504. The van der Waals surface area contributed by atoms with E-state index in [0.29, 0.717) is 12.1 Å². The predicted molar refractivity (Wildman–Crippen MR) is 86.6 cm³/mol. The largest absolute Gasteiger partial charge is 0.306 e. The van der Waals surface area contributed by atoms with Crippen LogP contribution in [0.4, 0.5) is 8.78 Å². The minimum Gasteiger partial charge on any atom is -0.306 e. The summed E-state index contributed by atoms with van der Waals surface area (Å²) in [6.45, 7) is 2.67. The van der Waals surface area contributed by atoms with Crippen molar-refractivity contribution >= 4 is 43.7 Å². The fraction of sp³-hybridized carbons (Fsp3) is 0.200. The smallest absolute Gasteiger partial charge is 0.160 e. The first-order valence-corrected chi connectivity index (χ1v) is 8.52. The van der Waals surface area contributed by atoms with Crippen LogP contribution < -0.4 is 5.32 Å². The summed E-state index contributed by atoms with van der Waals surface area (Å²) in [5.41, 5.74) is 0.561. The van der Waals surface area contributed by atoms with E-state index >= 15 is 0 Å². The van der Waals surface area contributed by atoms with Gasteiger partial charge in [-0.3, -0.25) is 0 Å². The Hall–Kier alpha value is -1.01. The van der Waals surface area contributed by atoms with Crippen LogP contribution in [0.25, 0.3) is 9.40 Å². The Morgan fingerprint density at radius 1 is 1.19 bits per heavy atom. The van der Waals surface area contributed by atoms with Crippen LogP contribution in [0.15, 0.2) is 29.6 Å². The molecule has 0 bridgehead atoms. The van der Waals surface area contributed by atoms with Gasteiger partial charge in [-0.1, -0.05) is 18.5 Å². The molecule has 0 aliphatic carbocycles. The minimum atomic E-state index is -0.925. The summed E-state index contributed by atoms with van der Waals surface area (Å²) in [6.07, 6.45) is 0. The molecule has 0 spiro atoms. The van der Waals surface area contributed by atoms with E-state index in [1.165, 1.54) is 15.5 Å². The van der Waals surface area contributed by atoms with Gasteiger partial charge in [-0.2, -0.15) is 0 Å². The van der Waals surface area contributed by atoms with Crippen LogP contribution in [-0.2, 0) is 0 Å². The molecule has 0 saturated carbocycles. The number of rotatable bonds is 4. The van der Waals surface area contributed by atoms with E-state index in [-0.39, 0.29) is 11.1 Å². The third-order valence-corrected chi connectivity index (χ3v) is 5.69. The number of benzene rings is 1. The first-order valence-electron chi connectivity index (χ1n) is 6.45. The molecule has 1 atom stereocenters. The minimum absolute atomic E-state index is 0.233. The monoisotopic (exact) mass is 343 g/mol. The lowest BCUT2D eigenvalue weighted by atomic mass is 10.0. The molecule has 0 fully saturated rings. The maximum Gasteiger partial charge on any atom is 0.160 e. The van der Waals surface area contributed by atoms with Crippen molar-refractivity contribution < 1.29 is 8.78 Å². The van der Waals surface area contributed by atoms with E-state index in [9.17, 15) is 8.78 Å². The van der Waals surface area contributed by atoms with Gasteiger partial charge in [0, 0.05) is 19.3 Å². The van der Waals surface area contributed by atoms with Gasteiger partial charge < -0.3 is 5.32 Å². The van der Waals surface area contributed by atoms with Gasteiger partial charge in [-0.05, 0) is 41.8 Å². The van der Waals surface area contributed by atoms with Crippen LogP contribution in [0.1, 0.15) is 23.4 Å². The summed E-state index contributed by atoms with van der Waals surface area (Å²) in [4.78, 5) is 1.05. The van der Waals surface area contributed by atoms with E-state index in [0.717, 1.165) is 10.9 Å². The highest BCUT2D eigenvalue weighted by Gasteiger charge is 2.21. The molecule has 2 heterocycles. The Labute approximate surface area is 134 Å². The van der Waals surface area contributed by atoms with Crippen molar-refractivity contribution in [1.29, 1.82) is 0 Å². The number of fused-ring (bicyclic) bond motifs is 1. The van der Waals surface area contributed by atoms with Gasteiger partial charge in [0.1, 0.15) is 0 Å². The molecule has 0 aliphatic heterocycles. The molecule has 3 rings (SSSR count). The van der Waals surface area contributed by atoms with Crippen molar-refractivity contribution in [1.82, 2.24) is 5.32 Å². The molecule has 1 unspecified atom stereocenters. The van der Waals surface area contributed by atoms with Gasteiger partial charge in [0.05, 0.1) is 6.04 Å². The van der Waals surface area contributed by atoms with E-state index in [2.05, 4.69) is 17.4 Å². The Morgan fingerprint density at radius 3 is 2.67 bits per heavy atom. The molecule has 0 radical (unpaired) electrons. The second kappa shape index (κ2) is 6.01. The molecule has 110 valence electrons. The maximum atomic E-state index is 13.6. The van der Waals surface area contributed by atoms with Crippen molar-refractivity contribution in [3.8, 4) is 0 Å². The summed E-state index contributed by atoms with van der Waals surface area (Å²) < 4.78 is 29.2. The molecule has 0 saturated heterocycles. The van der Waals surface area contributed by atoms with Gasteiger partial charge in [0.15, 0.2) is 11.6 Å². The Morgan fingerprint density at radius 2 is 1.95 bits per heavy atom. The first-order chi connectivity index (χ1) is 10.1. The first kappa shape index (κ1) is 14.9. The van der Waals surface area contributed by atoms with Gasteiger partial charge in [0.25, 0.3) is 0 Å². The highest BCUT2D eigenvalue weighted by molar-refractivity contribution is 7.27. The topological polar surface area (TPSA) is 12.0 Å². The molecule has 1 nitrogen and oxygen atoms in total. The number of hydrogen-bond acceptors (Lipinski definition) is 3. The van der Waals surface area contributed by atoms with Crippen molar-refractivity contribution in [3.63, 3.8) is 0 Å². The van der Waals surface area contributed by atoms with Crippen molar-refractivity contribution in [2.24, 2.45) is 0 Å². The number of nitrogens with one attached hydrogen (secondary N) is 1. The molecule has 2 aromatic heterocycles. The van der Waals surface area contributed by atoms with Gasteiger partial charge in [-0.15, -0.1) is 22.7 Å². The molecule has 6 heteroatoms. The summed E-state index contributed by atoms with van der Waals surface area (Å²) in [7, 11) is 0. The molecule has 21 heavy (non-hydrogen) atoms. The van der Waals surface area contributed by atoms with Crippen LogP contribution >= 0.6 is 34.3 Å². The summed E-state index contributed by atoms with van der Waals surface area (Å²) in [6, 6.07) is 6.12. The molecule has 1 aromatic carbocycles. The number of hydrogen-bond donors (Lipinski definition) is 1. The van der Waals surface area contributed by atoms with Crippen molar-refractivity contribution in [2.75, 3.05) is 6.54 Å². The zero-order valence-corrected chi connectivity index (χ0v) is 13.5. The Balaban J connectivity index is 2.09. The van der Waals surface area contributed by atoms with Crippen molar-refractivity contribution in [3.05, 3.63) is 56.7 Å². The maximum absolute atomic E-state index is 13.6. The fourth-order valence-corrected chi connectivity index (χ4v) is 4.73. The summed E-state index contributed by atoms with van der Waals surface area (Å²) in [5, 5.41) is 5.57. The summed E-state index contributed by atoms with van der Waals surface area (Å²) in [5.74, 6) is -1.80. The normalized spacial score (nSPS) is 13.0. The quantitative estimate of drug-likeness (QED) is 0.608. The van der Waals surface area contributed by atoms with Crippen molar-refractivity contribution in [2.45, 2.75) is 13.0 Å². The third-order valence-electron chi connectivity index (χ3n) is 3.20. The zero-order valence-electron chi connectivity index (χ0n) is 11.1. The molecule has 3 aromatic rings. The van der Waals surface area contributed by atoms with E-state index < -0.39 is 11.6 Å². The molecule has 1 N–H and O–H groups in total. The average Bonchev–Trinajstić information content (AvgIpc) is 3.01. The lowest BCUT2D eigenvalue weighted by Crippen LogP contribution is -2.21. The third kappa shape index (κ3) is 2.83. The van der Waals surface area contributed by atoms with Crippen LogP contribution in [-0.4, -0.2) is 6.54 Å². The fourth-order valence-electron chi connectivity index (χ4n) is 2.25. The van der Waals surface area contributed by atoms with E-state index in [1.807, 2.05) is 12.3 Å². The van der Waals surface area contributed by atoms with Crippen LogP contribution in [0, 0.1) is 11.6 Å². The average molecular weight is 344 g/mol. The number of halogens is 3. The van der Waals surface area contributed by atoms with E-state index in [4.69, 9.17) is 11.6 Å². The SMILES string of the molecule is CCNC(c1cc2sccc2s1)c1cc(F)c(F)cc1Cl. The number of thiophene rings is 2. The molecular formula is C15H12ClF2NS2. The van der Waals surface area contributed by atoms with Gasteiger partial charge in [-0.25, -0.2) is 8.78 Å². The Bertz CT molecular complexity index is 753. The van der Waals surface area contributed by atoms with Crippen LogP contribution in [0.2, 0.25) is 5.02 Å². The molecular weight excluding hydrogens is 332 g/mol. The second-order valence-corrected chi connectivity index (χ2v) is 7.05. The van der Waals surface area contributed by atoms with Gasteiger partial charge >= 0.3 is 0 Å². The second-order valence-electron chi connectivity index (χ2n) is 4.58. The Kier molecular flexibility index (Phi) is 4.26. The molecule has 0 aliphatic rings.